The summed E-state index contributed by atoms with van der Waals surface area (Å²) in [5, 5.41) is 0. The van der Waals surface area contributed by atoms with Gasteiger partial charge in [0.05, 0.1) is 11.4 Å². The molecule has 0 spiro atoms. The van der Waals surface area contributed by atoms with Gasteiger partial charge in [0, 0.05) is 24.4 Å². The van der Waals surface area contributed by atoms with Crippen molar-refractivity contribution in [1.82, 2.24) is 9.97 Å². The van der Waals surface area contributed by atoms with E-state index in [1.807, 2.05) is 19.3 Å². The Morgan fingerprint density at radius 3 is 2.50 bits per heavy atom. The minimum absolute atomic E-state index is 0.126. The monoisotopic (exact) mass is 191 g/mol. The first kappa shape index (κ1) is 9.59. The van der Waals surface area contributed by atoms with Gasteiger partial charge >= 0.3 is 0 Å². The summed E-state index contributed by atoms with van der Waals surface area (Å²) in [5.41, 5.74) is 8.05. The summed E-state index contributed by atoms with van der Waals surface area (Å²) in [5.74, 6) is 0. The topological polar surface area (TPSA) is 51.8 Å². The Bertz CT molecular complexity index is 299. The van der Waals surface area contributed by atoms with Crippen molar-refractivity contribution in [3.63, 3.8) is 0 Å². The Labute approximate surface area is 84.8 Å². The zero-order chi connectivity index (χ0) is 10.0. The summed E-state index contributed by atoms with van der Waals surface area (Å²) in [7, 11) is 0. The Hall–Kier alpha value is -0.960. The van der Waals surface area contributed by atoms with Crippen molar-refractivity contribution in [2.75, 3.05) is 6.54 Å². The van der Waals surface area contributed by atoms with Gasteiger partial charge in [-0.3, -0.25) is 9.97 Å². The number of hydrogen-bond donors (Lipinski definition) is 1. The van der Waals surface area contributed by atoms with E-state index in [9.17, 15) is 0 Å². The van der Waals surface area contributed by atoms with Crippen molar-refractivity contribution in [3.05, 3.63) is 23.8 Å². The highest BCUT2D eigenvalue weighted by molar-refractivity contribution is 5.17. The Morgan fingerprint density at radius 2 is 2.00 bits per heavy atom. The minimum atomic E-state index is 0.126. The fourth-order valence-corrected chi connectivity index (χ4v) is 2.28. The van der Waals surface area contributed by atoms with Crippen molar-refractivity contribution in [2.24, 2.45) is 5.73 Å². The highest BCUT2D eigenvalue weighted by atomic mass is 14.8. The molecular formula is C11H17N3. The normalized spacial score (nSPS) is 19.9. The average Bonchev–Trinajstić information content (AvgIpc) is 2.68. The summed E-state index contributed by atoms with van der Waals surface area (Å²) in [6.45, 7) is 2.66. The van der Waals surface area contributed by atoms with Gasteiger partial charge in [-0.2, -0.15) is 0 Å². The van der Waals surface area contributed by atoms with Crippen LogP contribution in [0.1, 0.15) is 37.1 Å². The second-order valence-electron chi connectivity index (χ2n) is 4.23. The second kappa shape index (κ2) is 3.65. The molecule has 0 saturated heterocycles. The fraction of sp³-hybridized carbons (Fsp3) is 0.636. The third-order valence-electron chi connectivity index (χ3n) is 3.28. The Balaban J connectivity index is 2.31. The molecule has 3 nitrogen and oxygen atoms in total. The van der Waals surface area contributed by atoms with Crippen LogP contribution in [0.15, 0.2) is 12.4 Å². The first-order chi connectivity index (χ1) is 6.77. The maximum Gasteiger partial charge on any atom is 0.0661 e. The van der Waals surface area contributed by atoms with Crippen molar-refractivity contribution < 1.29 is 0 Å². The summed E-state index contributed by atoms with van der Waals surface area (Å²) in [4.78, 5) is 8.76. The van der Waals surface area contributed by atoms with Crippen LogP contribution in [0, 0.1) is 6.92 Å². The predicted molar refractivity (Wildman–Crippen MR) is 56.0 cm³/mol. The third-order valence-corrected chi connectivity index (χ3v) is 3.28. The number of aromatic nitrogens is 2. The number of nitrogens with zero attached hydrogens (tertiary/aromatic N) is 2. The lowest BCUT2D eigenvalue weighted by Crippen LogP contribution is -2.33. The number of rotatable bonds is 2. The molecule has 1 aromatic heterocycles. The molecule has 0 unspecified atom stereocenters. The summed E-state index contributed by atoms with van der Waals surface area (Å²) in [6, 6.07) is 0. The maximum absolute atomic E-state index is 5.87. The van der Waals surface area contributed by atoms with Gasteiger partial charge in [-0.15, -0.1) is 0 Å². The Kier molecular flexibility index (Phi) is 2.50. The van der Waals surface area contributed by atoms with Crippen LogP contribution in [0.2, 0.25) is 0 Å². The minimum Gasteiger partial charge on any atom is -0.330 e. The summed E-state index contributed by atoms with van der Waals surface area (Å²) < 4.78 is 0. The van der Waals surface area contributed by atoms with Gasteiger partial charge in [0.2, 0.25) is 0 Å². The van der Waals surface area contributed by atoms with E-state index in [-0.39, 0.29) is 5.41 Å². The van der Waals surface area contributed by atoms with Crippen molar-refractivity contribution in [2.45, 2.75) is 38.0 Å². The molecular weight excluding hydrogens is 174 g/mol. The number of nitrogens with two attached hydrogens (primary N) is 1. The second-order valence-corrected chi connectivity index (χ2v) is 4.23. The molecule has 0 bridgehead atoms. The van der Waals surface area contributed by atoms with E-state index in [1.165, 1.54) is 25.7 Å². The quantitative estimate of drug-likeness (QED) is 0.771. The van der Waals surface area contributed by atoms with Gasteiger partial charge in [-0.05, 0) is 19.8 Å². The van der Waals surface area contributed by atoms with Gasteiger partial charge in [-0.25, -0.2) is 0 Å². The van der Waals surface area contributed by atoms with Crippen LogP contribution in [0.5, 0.6) is 0 Å². The molecule has 14 heavy (non-hydrogen) atoms. The van der Waals surface area contributed by atoms with Crippen LogP contribution in [0.25, 0.3) is 0 Å². The molecule has 1 heterocycles. The van der Waals surface area contributed by atoms with Gasteiger partial charge in [0.1, 0.15) is 0 Å². The summed E-state index contributed by atoms with van der Waals surface area (Å²) >= 11 is 0. The van der Waals surface area contributed by atoms with Gasteiger partial charge < -0.3 is 5.73 Å². The molecule has 0 atom stereocenters. The molecule has 1 aliphatic carbocycles. The van der Waals surface area contributed by atoms with E-state index >= 15 is 0 Å². The molecule has 0 aliphatic heterocycles. The zero-order valence-corrected chi connectivity index (χ0v) is 8.66. The van der Waals surface area contributed by atoms with Crippen molar-refractivity contribution in [1.29, 1.82) is 0 Å². The standard InChI is InChI=1S/C11H17N3/c1-9-6-14-10(7-13-9)11(8-12)4-2-3-5-11/h6-7H,2-5,8,12H2,1H3. The van der Waals surface area contributed by atoms with E-state index in [2.05, 4.69) is 9.97 Å². The van der Waals surface area contributed by atoms with Crippen LogP contribution in [-0.2, 0) is 5.41 Å². The third kappa shape index (κ3) is 1.52. The van der Waals surface area contributed by atoms with Crippen LogP contribution in [0.3, 0.4) is 0 Å². The van der Waals surface area contributed by atoms with Crippen LogP contribution in [-0.4, -0.2) is 16.5 Å². The molecule has 1 fully saturated rings. The predicted octanol–water partition coefficient (Wildman–Crippen LogP) is 1.56. The first-order valence-electron chi connectivity index (χ1n) is 5.26. The largest absolute Gasteiger partial charge is 0.330 e. The van der Waals surface area contributed by atoms with Crippen LogP contribution >= 0.6 is 0 Å². The molecule has 1 saturated carbocycles. The molecule has 2 rings (SSSR count). The summed E-state index contributed by atoms with van der Waals surface area (Å²) in [6.07, 6.45) is 8.61. The lowest BCUT2D eigenvalue weighted by atomic mass is 9.83. The molecule has 1 aliphatic rings. The van der Waals surface area contributed by atoms with E-state index in [4.69, 9.17) is 5.73 Å². The molecule has 0 amide bonds. The molecule has 0 aromatic carbocycles. The van der Waals surface area contributed by atoms with Crippen molar-refractivity contribution in [3.8, 4) is 0 Å². The smallest absolute Gasteiger partial charge is 0.0661 e. The highest BCUT2D eigenvalue weighted by Gasteiger charge is 2.35. The van der Waals surface area contributed by atoms with Gasteiger partial charge in [0.15, 0.2) is 0 Å². The molecule has 2 N–H and O–H groups in total. The van der Waals surface area contributed by atoms with Crippen LogP contribution < -0.4 is 5.73 Å². The zero-order valence-electron chi connectivity index (χ0n) is 8.66. The fourth-order valence-electron chi connectivity index (χ4n) is 2.28. The van der Waals surface area contributed by atoms with E-state index < -0.39 is 0 Å². The van der Waals surface area contributed by atoms with E-state index in [1.54, 1.807) is 0 Å². The van der Waals surface area contributed by atoms with E-state index in [0.29, 0.717) is 6.54 Å². The van der Waals surface area contributed by atoms with Gasteiger partial charge in [-0.1, -0.05) is 12.8 Å². The molecule has 76 valence electrons. The first-order valence-corrected chi connectivity index (χ1v) is 5.26. The number of aryl methyl sites for hydroxylation is 1. The SMILES string of the molecule is Cc1cnc(C2(CN)CCCC2)cn1. The highest BCUT2D eigenvalue weighted by Crippen LogP contribution is 2.38. The number of hydrogen-bond acceptors (Lipinski definition) is 3. The van der Waals surface area contributed by atoms with Crippen molar-refractivity contribution >= 4 is 0 Å². The average molecular weight is 191 g/mol. The molecule has 1 aromatic rings. The molecule has 0 radical (unpaired) electrons. The lowest BCUT2D eigenvalue weighted by Gasteiger charge is -2.25. The lowest BCUT2D eigenvalue weighted by molar-refractivity contribution is 0.437. The maximum atomic E-state index is 5.87. The Morgan fingerprint density at radius 1 is 1.29 bits per heavy atom. The van der Waals surface area contributed by atoms with Gasteiger partial charge in [0.25, 0.3) is 0 Å². The molecule has 3 heteroatoms. The van der Waals surface area contributed by atoms with E-state index in [0.717, 1.165) is 11.4 Å². The van der Waals surface area contributed by atoms with Crippen LogP contribution in [0.4, 0.5) is 0 Å².